The van der Waals surface area contributed by atoms with E-state index in [1.54, 1.807) is 43.5 Å². The van der Waals surface area contributed by atoms with Gasteiger partial charge in [-0.05, 0) is 54.8 Å². The molecule has 0 saturated heterocycles. The minimum atomic E-state index is -0.746. The normalized spacial score (nSPS) is 11.7. The van der Waals surface area contributed by atoms with Crippen molar-refractivity contribution in [1.29, 1.82) is 0 Å². The number of amides is 2. The summed E-state index contributed by atoms with van der Waals surface area (Å²) in [6.07, 6.45) is 0. The van der Waals surface area contributed by atoms with Crippen LogP contribution in [-0.2, 0) is 4.79 Å². The number of methoxy groups -OCH3 is 1. The monoisotopic (exact) mass is 356 g/mol. The molecule has 6 heteroatoms. The first-order valence-electron chi connectivity index (χ1n) is 8.37. The molecule has 6 nitrogen and oxygen atoms in total. The minimum absolute atomic E-state index is 0.0204. The molecule has 0 aromatic heterocycles. The summed E-state index contributed by atoms with van der Waals surface area (Å²) in [6, 6.07) is 10.8. The van der Waals surface area contributed by atoms with Crippen molar-refractivity contribution >= 4 is 17.5 Å². The Kier molecular flexibility index (Phi) is 6.22. The summed E-state index contributed by atoms with van der Waals surface area (Å²) in [4.78, 5) is 25.1. The molecule has 0 heterocycles. The maximum Gasteiger partial charge on any atom is 0.251 e. The van der Waals surface area contributed by atoms with Crippen LogP contribution in [-0.4, -0.2) is 30.1 Å². The highest BCUT2D eigenvalue weighted by atomic mass is 16.5. The van der Waals surface area contributed by atoms with Crippen LogP contribution in [0.4, 0.5) is 5.69 Å². The van der Waals surface area contributed by atoms with E-state index in [0.717, 1.165) is 5.56 Å². The number of phenols is 1. The Balaban J connectivity index is 2.13. The summed E-state index contributed by atoms with van der Waals surface area (Å²) >= 11 is 0. The summed E-state index contributed by atoms with van der Waals surface area (Å²) in [6.45, 7) is 5.55. The number of aryl methyl sites for hydroxylation is 1. The summed E-state index contributed by atoms with van der Waals surface area (Å²) < 4.78 is 5.07. The van der Waals surface area contributed by atoms with Gasteiger partial charge in [-0.1, -0.05) is 19.9 Å². The standard InChI is InChI=1S/C20H24N2O4/c1-12(2)18(20(25)21-16-11-13(3)5-10-17(16)23)22-19(24)14-6-8-15(26-4)9-7-14/h5-12,18,23H,1-4H3,(H,21,25)(H,22,24). The number of ether oxygens (including phenoxy) is 1. The third-order valence-electron chi connectivity index (χ3n) is 4.00. The quantitative estimate of drug-likeness (QED) is 0.694. The number of benzene rings is 2. The maximum atomic E-state index is 12.6. The van der Waals surface area contributed by atoms with E-state index < -0.39 is 6.04 Å². The lowest BCUT2D eigenvalue weighted by atomic mass is 10.0. The average Bonchev–Trinajstić information content (AvgIpc) is 2.62. The van der Waals surface area contributed by atoms with Gasteiger partial charge in [0, 0.05) is 5.56 Å². The van der Waals surface area contributed by atoms with Crippen LogP contribution in [0.5, 0.6) is 11.5 Å². The zero-order valence-electron chi connectivity index (χ0n) is 15.4. The lowest BCUT2D eigenvalue weighted by Crippen LogP contribution is -2.47. The largest absolute Gasteiger partial charge is 0.506 e. The predicted octanol–water partition coefficient (Wildman–Crippen LogP) is 3.10. The number of carbonyl (C=O) groups is 2. The molecule has 0 aliphatic rings. The molecule has 1 unspecified atom stereocenters. The van der Waals surface area contributed by atoms with Crippen LogP contribution >= 0.6 is 0 Å². The first-order valence-corrected chi connectivity index (χ1v) is 8.37. The van der Waals surface area contributed by atoms with Gasteiger partial charge in [0.15, 0.2) is 0 Å². The number of nitrogens with one attached hydrogen (secondary N) is 2. The molecule has 0 spiro atoms. The van der Waals surface area contributed by atoms with Crippen molar-refractivity contribution in [3.05, 3.63) is 53.6 Å². The molecular formula is C20H24N2O4. The second-order valence-electron chi connectivity index (χ2n) is 6.43. The van der Waals surface area contributed by atoms with E-state index in [0.29, 0.717) is 17.0 Å². The molecule has 2 aromatic carbocycles. The van der Waals surface area contributed by atoms with Crippen molar-refractivity contribution in [3.8, 4) is 11.5 Å². The number of aromatic hydroxyl groups is 1. The van der Waals surface area contributed by atoms with Gasteiger partial charge in [0.05, 0.1) is 12.8 Å². The summed E-state index contributed by atoms with van der Waals surface area (Å²) in [5.74, 6) is -0.246. The van der Waals surface area contributed by atoms with Crippen LogP contribution in [0.3, 0.4) is 0 Å². The van der Waals surface area contributed by atoms with E-state index in [1.165, 1.54) is 6.07 Å². The van der Waals surface area contributed by atoms with E-state index in [4.69, 9.17) is 4.74 Å². The Labute approximate surface area is 153 Å². The van der Waals surface area contributed by atoms with Gasteiger partial charge in [0.1, 0.15) is 17.5 Å². The molecule has 138 valence electrons. The second kappa shape index (κ2) is 8.38. The number of hydrogen-bond acceptors (Lipinski definition) is 4. The van der Waals surface area contributed by atoms with Crippen LogP contribution in [0.15, 0.2) is 42.5 Å². The van der Waals surface area contributed by atoms with Crippen LogP contribution < -0.4 is 15.4 Å². The van der Waals surface area contributed by atoms with E-state index in [2.05, 4.69) is 10.6 Å². The molecule has 2 amide bonds. The first-order chi connectivity index (χ1) is 12.3. The Morgan fingerprint density at radius 3 is 2.31 bits per heavy atom. The summed E-state index contributed by atoms with van der Waals surface area (Å²) in [5.41, 5.74) is 1.66. The molecule has 1 atom stereocenters. The third kappa shape index (κ3) is 4.75. The summed E-state index contributed by atoms with van der Waals surface area (Å²) in [5, 5.41) is 15.3. The Bertz CT molecular complexity index is 785. The SMILES string of the molecule is COc1ccc(C(=O)NC(C(=O)Nc2cc(C)ccc2O)C(C)C)cc1. The van der Waals surface area contributed by atoms with Gasteiger partial charge < -0.3 is 20.5 Å². The zero-order valence-corrected chi connectivity index (χ0v) is 15.4. The van der Waals surface area contributed by atoms with Crippen molar-refractivity contribution < 1.29 is 19.4 Å². The lowest BCUT2D eigenvalue weighted by Gasteiger charge is -2.22. The number of carbonyl (C=O) groups excluding carboxylic acids is 2. The van der Waals surface area contributed by atoms with Gasteiger partial charge in [-0.2, -0.15) is 0 Å². The smallest absolute Gasteiger partial charge is 0.251 e. The van der Waals surface area contributed by atoms with Gasteiger partial charge in [-0.25, -0.2) is 0 Å². The van der Waals surface area contributed by atoms with Crippen molar-refractivity contribution in [2.45, 2.75) is 26.8 Å². The maximum absolute atomic E-state index is 12.6. The molecule has 0 radical (unpaired) electrons. The van der Waals surface area contributed by atoms with Gasteiger partial charge in [-0.15, -0.1) is 0 Å². The first kappa shape index (κ1) is 19.3. The molecule has 0 aliphatic carbocycles. The van der Waals surface area contributed by atoms with Crippen LogP contribution in [0.1, 0.15) is 29.8 Å². The highest BCUT2D eigenvalue weighted by Crippen LogP contribution is 2.24. The summed E-state index contributed by atoms with van der Waals surface area (Å²) in [7, 11) is 1.55. The Morgan fingerprint density at radius 1 is 1.08 bits per heavy atom. The van der Waals surface area contributed by atoms with Crippen molar-refractivity contribution in [1.82, 2.24) is 5.32 Å². The molecular weight excluding hydrogens is 332 g/mol. The Morgan fingerprint density at radius 2 is 1.73 bits per heavy atom. The number of hydrogen-bond donors (Lipinski definition) is 3. The molecule has 3 N–H and O–H groups in total. The molecule has 0 aliphatic heterocycles. The highest BCUT2D eigenvalue weighted by Gasteiger charge is 2.25. The zero-order chi connectivity index (χ0) is 19.3. The Hall–Kier alpha value is -3.02. The van der Waals surface area contributed by atoms with Gasteiger partial charge in [-0.3, -0.25) is 9.59 Å². The van der Waals surface area contributed by atoms with Crippen molar-refractivity contribution in [2.24, 2.45) is 5.92 Å². The van der Waals surface area contributed by atoms with Crippen molar-refractivity contribution in [3.63, 3.8) is 0 Å². The van der Waals surface area contributed by atoms with E-state index in [-0.39, 0.29) is 23.5 Å². The topological polar surface area (TPSA) is 87.7 Å². The molecule has 0 saturated carbocycles. The second-order valence-corrected chi connectivity index (χ2v) is 6.43. The van der Waals surface area contributed by atoms with E-state index >= 15 is 0 Å². The molecule has 26 heavy (non-hydrogen) atoms. The van der Waals surface area contributed by atoms with E-state index in [9.17, 15) is 14.7 Å². The fourth-order valence-electron chi connectivity index (χ4n) is 2.46. The van der Waals surface area contributed by atoms with Gasteiger partial charge in [0.2, 0.25) is 5.91 Å². The van der Waals surface area contributed by atoms with Gasteiger partial charge in [0.25, 0.3) is 5.91 Å². The fraction of sp³-hybridized carbons (Fsp3) is 0.300. The van der Waals surface area contributed by atoms with E-state index in [1.807, 2.05) is 20.8 Å². The number of anilines is 1. The highest BCUT2D eigenvalue weighted by molar-refractivity contribution is 6.01. The fourth-order valence-corrected chi connectivity index (χ4v) is 2.46. The lowest BCUT2D eigenvalue weighted by molar-refractivity contribution is -0.118. The number of phenolic OH excluding ortho intramolecular Hbond substituents is 1. The van der Waals surface area contributed by atoms with Crippen LogP contribution in [0.2, 0.25) is 0 Å². The minimum Gasteiger partial charge on any atom is -0.506 e. The molecule has 0 fully saturated rings. The molecule has 2 rings (SSSR count). The van der Waals surface area contributed by atoms with Crippen LogP contribution in [0.25, 0.3) is 0 Å². The number of rotatable bonds is 6. The molecule has 0 bridgehead atoms. The van der Waals surface area contributed by atoms with Crippen LogP contribution in [0, 0.1) is 12.8 Å². The van der Waals surface area contributed by atoms with Gasteiger partial charge >= 0.3 is 0 Å². The third-order valence-corrected chi connectivity index (χ3v) is 4.00. The average molecular weight is 356 g/mol. The molecule has 2 aromatic rings. The predicted molar refractivity (Wildman–Crippen MR) is 101 cm³/mol. The van der Waals surface area contributed by atoms with Crippen molar-refractivity contribution in [2.75, 3.05) is 12.4 Å².